The van der Waals surface area contributed by atoms with Crippen LogP contribution in [0.25, 0.3) is 11.1 Å². The molecule has 4 fully saturated rings. The average molecular weight is 945 g/mol. The van der Waals surface area contributed by atoms with Crippen LogP contribution in [-0.2, 0) is 38.5 Å². The Bertz CT molecular complexity index is 2710. The number of anilines is 3. The molecule has 1 unspecified atom stereocenters. The standard InChI is InChI=1S/C51H58F2N10O6/c1-30(64)60-20-12-42-41(28-60)48(57-63(42)34-13-21-69-22-14-34)61-15-2-3-33-23-37(38(47(52)53)25-44(33)61)40-26-54-29-55-46(40)32-10-16-58(17-11-32)27-31-8-18-59(19-9-31)35-4-5-36-39(24-35)51(68)62(50(36)67)43-6-7-45(65)56-49(43)66/h4-5,23-26,29,31-32,34,43,47H,2-3,6-22,27-28H2,1H3,(H,56,65,66). The second-order valence-electron chi connectivity index (χ2n) is 19.9. The summed E-state index contributed by atoms with van der Waals surface area (Å²) in [6.45, 7) is 8.92. The minimum Gasteiger partial charge on any atom is -0.381 e. The van der Waals surface area contributed by atoms with Crippen molar-refractivity contribution in [1.82, 2.24) is 39.8 Å². The van der Waals surface area contributed by atoms with Crippen molar-refractivity contribution in [1.29, 1.82) is 0 Å². The molecule has 7 aliphatic heterocycles. The van der Waals surface area contributed by atoms with Gasteiger partial charge in [0.2, 0.25) is 17.7 Å². The van der Waals surface area contributed by atoms with Gasteiger partial charge >= 0.3 is 0 Å². The van der Waals surface area contributed by atoms with Crippen LogP contribution in [-0.4, -0.2) is 129 Å². The Kier molecular flexibility index (Phi) is 12.2. The minimum atomic E-state index is -2.73. The highest BCUT2D eigenvalue weighted by molar-refractivity contribution is 6.23. The number of carbonyl (C=O) groups excluding carboxylic acids is 5. The van der Waals surface area contributed by atoms with E-state index in [1.165, 1.54) is 6.33 Å². The number of nitrogens with zero attached hydrogens (tertiary/aromatic N) is 9. The van der Waals surface area contributed by atoms with E-state index in [2.05, 4.69) is 29.7 Å². The summed E-state index contributed by atoms with van der Waals surface area (Å²) in [5.74, 6) is -0.703. The van der Waals surface area contributed by atoms with E-state index in [4.69, 9.17) is 14.8 Å². The Morgan fingerprint density at radius 2 is 1.62 bits per heavy atom. The third-order valence-corrected chi connectivity index (χ3v) is 15.8. The molecular formula is C51H58F2N10O6. The van der Waals surface area contributed by atoms with Crippen LogP contribution in [0.4, 0.5) is 26.0 Å². The van der Waals surface area contributed by atoms with Crippen molar-refractivity contribution in [2.45, 2.75) is 109 Å². The molecule has 0 aliphatic carbocycles. The van der Waals surface area contributed by atoms with Gasteiger partial charge in [-0.2, -0.15) is 5.10 Å². The van der Waals surface area contributed by atoms with Crippen LogP contribution in [0, 0.1) is 5.92 Å². The number of amides is 5. The van der Waals surface area contributed by atoms with Crippen molar-refractivity contribution in [2.75, 3.05) is 68.8 Å². The van der Waals surface area contributed by atoms with Gasteiger partial charge in [-0.05, 0) is 118 Å². The molecule has 9 heterocycles. The van der Waals surface area contributed by atoms with E-state index in [-0.39, 0.29) is 47.4 Å². The van der Waals surface area contributed by atoms with E-state index in [0.29, 0.717) is 56.3 Å². The molecular weight excluding hydrogens is 887 g/mol. The highest BCUT2D eigenvalue weighted by Gasteiger charge is 2.45. The van der Waals surface area contributed by atoms with Crippen molar-refractivity contribution >= 4 is 46.7 Å². The van der Waals surface area contributed by atoms with Gasteiger partial charge in [0.15, 0.2) is 5.82 Å². The Hall–Kier alpha value is -6.14. The first-order valence-electron chi connectivity index (χ1n) is 24.8. The number of nitrogens with one attached hydrogen (secondary N) is 1. The van der Waals surface area contributed by atoms with E-state index in [1.54, 1.807) is 31.3 Å². The summed E-state index contributed by atoms with van der Waals surface area (Å²) in [6, 6.07) is 8.12. The Morgan fingerprint density at radius 1 is 0.841 bits per heavy atom. The Morgan fingerprint density at radius 3 is 2.38 bits per heavy atom. The molecule has 4 saturated heterocycles. The number of hydrogen-bond acceptors (Lipinski definition) is 12. The van der Waals surface area contributed by atoms with Gasteiger partial charge in [-0.25, -0.2) is 18.7 Å². The van der Waals surface area contributed by atoms with Crippen molar-refractivity contribution in [3.63, 3.8) is 0 Å². The monoisotopic (exact) mass is 944 g/mol. The molecule has 16 nitrogen and oxygen atoms in total. The first kappa shape index (κ1) is 45.3. The second kappa shape index (κ2) is 18.6. The minimum absolute atomic E-state index is 0.0109. The first-order chi connectivity index (χ1) is 33.5. The average Bonchev–Trinajstić information content (AvgIpc) is 3.87. The molecule has 2 aromatic heterocycles. The topological polar surface area (TPSA) is 166 Å². The number of halogens is 2. The fourth-order valence-electron chi connectivity index (χ4n) is 12.1. The maximum atomic E-state index is 15.4. The number of carbonyl (C=O) groups is 5. The Balaban J connectivity index is 0.759. The lowest BCUT2D eigenvalue weighted by molar-refractivity contribution is -0.136. The molecule has 11 rings (SSSR count). The SMILES string of the molecule is CC(=O)N1CCc2c(c(N3CCCc4cc(-c5cncnc5C5CCN(CC6CCN(c7ccc8c(c7)C(=O)N(C7CCC(=O)NC7=O)C8=O)CC6)CC5)c(C(F)F)cc43)nn2C2CCOCC2)C1. The highest BCUT2D eigenvalue weighted by atomic mass is 19.3. The molecule has 0 spiro atoms. The largest absolute Gasteiger partial charge is 0.381 e. The molecule has 0 bridgehead atoms. The lowest BCUT2D eigenvalue weighted by Crippen LogP contribution is -2.54. The van der Waals surface area contributed by atoms with E-state index in [9.17, 15) is 24.0 Å². The number of fused-ring (bicyclic) bond motifs is 3. The first-order valence-corrected chi connectivity index (χ1v) is 24.8. The van der Waals surface area contributed by atoms with E-state index >= 15 is 8.78 Å². The number of rotatable bonds is 9. The van der Waals surface area contributed by atoms with Gasteiger partial charge in [0.05, 0.1) is 29.4 Å². The molecule has 5 amide bonds. The maximum Gasteiger partial charge on any atom is 0.264 e. The van der Waals surface area contributed by atoms with E-state index in [0.717, 1.165) is 129 Å². The molecule has 2 aromatic carbocycles. The van der Waals surface area contributed by atoms with Crippen molar-refractivity contribution < 1.29 is 37.5 Å². The molecule has 69 heavy (non-hydrogen) atoms. The number of piperidine rings is 3. The van der Waals surface area contributed by atoms with Crippen LogP contribution < -0.4 is 15.1 Å². The zero-order valence-corrected chi connectivity index (χ0v) is 39.0. The second-order valence-corrected chi connectivity index (χ2v) is 19.9. The van der Waals surface area contributed by atoms with Gasteiger partial charge in [-0.3, -0.25) is 38.9 Å². The van der Waals surface area contributed by atoms with Gasteiger partial charge in [-0.1, -0.05) is 0 Å². The summed E-state index contributed by atoms with van der Waals surface area (Å²) in [5, 5.41) is 7.50. The number of aromatic nitrogens is 4. The summed E-state index contributed by atoms with van der Waals surface area (Å²) in [4.78, 5) is 82.5. The summed E-state index contributed by atoms with van der Waals surface area (Å²) in [6.07, 6.45) is 8.30. The third-order valence-electron chi connectivity index (χ3n) is 15.8. The number of alkyl halides is 2. The summed E-state index contributed by atoms with van der Waals surface area (Å²) in [7, 11) is 0. The van der Waals surface area contributed by atoms with Crippen LogP contribution in [0.2, 0.25) is 0 Å². The van der Waals surface area contributed by atoms with Crippen molar-refractivity contribution in [3.8, 4) is 11.1 Å². The van der Waals surface area contributed by atoms with Crippen LogP contribution in [0.15, 0.2) is 42.9 Å². The number of hydrogen-bond donors (Lipinski definition) is 1. The lowest BCUT2D eigenvalue weighted by Gasteiger charge is -2.38. The van der Waals surface area contributed by atoms with Gasteiger partial charge in [0.25, 0.3) is 18.2 Å². The van der Waals surface area contributed by atoms with Gasteiger partial charge in [0, 0.05) is 112 Å². The number of likely N-dealkylation sites (tertiary alicyclic amines) is 1. The number of ether oxygens (including phenoxy) is 1. The van der Waals surface area contributed by atoms with Crippen LogP contribution >= 0.6 is 0 Å². The number of imide groups is 2. The van der Waals surface area contributed by atoms with Gasteiger partial charge in [0.1, 0.15) is 12.4 Å². The normalized spacial score (nSPS) is 22.1. The van der Waals surface area contributed by atoms with E-state index in [1.807, 2.05) is 17.0 Å². The highest BCUT2D eigenvalue weighted by Crippen LogP contribution is 2.45. The zero-order chi connectivity index (χ0) is 47.5. The Labute approximate surface area is 399 Å². The predicted molar refractivity (Wildman–Crippen MR) is 250 cm³/mol. The van der Waals surface area contributed by atoms with Crippen LogP contribution in [0.3, 0.4) is 0 Å². The van der Waals surface area contributed by atoms with Gasteiger partial charge < -0.3 is 24.3 Å². The zero-order valence-electron chi connectivity index (χ0n) is 39.0. The third kappa shape index (κ3) is 8.46. The van der Waals surface area contributed by atoms with Gasteiger partial charge in [-0.15, -0.1) is 0 Å². The smallest absolute Gasteiger partial charge is 0.264 e. The van der Waals surface area contributed by atoms with Crippen LogP contribution in [0.5, 0.6) is 0 Å². The van der Waals surface area contributed by atoms with Crippen molar-refractivity contribution in [3.05, 3.63) is 82.1 Å². The number of benzene rings is 2. The molecule has 362 valence electrons. The summed E-state index contributed by atoms with van der Waals surface area (Å²) >= 11 is 0. The van der Waals surface area contributed by atoms with Crippen molar-refractivity contribution in [2.24, 2.45) is 5.92 Å². The molecule has 0 radical (unpaired) electrons. The number of aryl methyl sites for hydroxylation is 1. The fraction of sp³-hybridized carbons (Fsp3) is 0.529. The maximum absolute atomic E-state index is 15.4. The predicted octanol–water partition coefficient (Wildman–Crippen LogP) is 6.12. The van der Waals surface area contributed by atoms with E-state index < -0.39 is 36.1 Å². The fourth-order valence-corrected chi connectivity index (χ4v) is 12.1. The molecule has 7 aliphatic rings. The molecule has 1 atom stereocenters. The molecule has 18 heteroatoms. The summed E-state index contributed by atoms with van der Waals surface area (Å²) < 4.78 is 38.7. The lowest BCUT2D eigenvalue weighted by atomic mass is 9.85. The summed E-state index contributed by atoms with van der Waals surface area (Å²) in [5.41, 5.74) is 7.22. The quantitative estimate of drug-likeness (QED) is 0.192. The van der Waals surface area contributed by atoms with Crippen LogP contribution in [0.1, 0.15) is 132 Å². The molecule has 4 aromatic rings. The molecule has 1 N–H and O–H groups in total. The molecule has 0 saturated carbocycles.